The van der Waals surface area contributed by atoms with Crippen LogP contribution in [0.4, 0.5) is 0 Å². The Morgan fingerprint density at radius 3 is 1.35 bits per heavy atom. The molecule has 142 valence electrons. The van der Waals surface area contributed by atoms with Gasteiger partial charge in [0.1, 0.15) is 0 Å². The average molecular weight is 351 g/mol. The smallest absolute Gasteiger partial charge is 0.0118 e. The van der Waals surface area contributed by atoms with Gasteiger partial charge in [-0.15, -0.1) is 0 Å². The van der Waals surface area contributed by atoms with Crippen LogP contribution < -0.4 is 0 Å². The van der Waals surface area contributed by atoms with Gasteiger partial charge in [0, 0.05) is 5.92 Å². The van der Waals surface area contributed by atoms with Gasteiger partial charge in [-0.2, -0.15) is 0 Å². The molecule has 0 fully saturated rings. The van der Waals surface area contributed by atoms with Gasteiger partial charge < -0.3 is 0 Å². The second kappa shape index (κ2) is 8.89. The van der Waals surface area contributed by atoms with E-state index < -0.39 is 0 Å². The molecule has 0 N–H and O–H groups in total. The first-order chi connectivity index (χ1) is 12.3. The van der Waals surface area contributed by atoms with Gasteiger partial charge in [0.15, 0.2) is 0 Å². The van der Waals surface area contributed by atoms with E-state index in [9.17, 15) is 0 Å². The minimum atomic E-state index is 0.502. The Morgan fingerprint density at radius 2 is 1.04 bits per heavy atom. The third-order valence-electron chi connectivity index (χ3n) is 6.54. The molecule has 0 amide bonds. The Bertz CT molecular complexity index is 647. The van der Waals surface area contributed by atoms with E-state index in [1.165, 1.54) is 70.2 Å². The van der Waals surface area contributed by atoms with E-state index in [0.717, 1.165) is 0 Å². The first-order valence-electron chi connectivity index (χ1n) is 10.5. The standard InChI is InChI=1S/C26H38/c1-9-11-12-23(10-2)26(24-13-17(3)21(7)18(4)14-24)25-15-19(5)22(8)20(6)16-25/h13-16,23,26H,9-12H2,1-8H3. The fraction of sp³-hybridized carbons (Fsp3) is 0.538. The highest BCUT2D eigenvalue weighted by Gasteiger charge is 2.25. The molecule has 0 aliphatic rings. The maximum absolute atomic E-state index is 2.45. The van der Waals surface area contributed by atoms with Crippen LogP contribution in [0.25, 0.3) is 0 Å². The highest BCUT2D eigenvalue weighted by Crippen LogP contribution is 2.39. The molecular weight excluding hydrogens is 312 g/mol. The molecule has 0 heteroatoms. The minimum absolute atomic E-state index is 0.502. The molecule has 1 atom stereocenters. The van der Waals surface area contributed by atoms with Crippen LogP contribution in [0.5, 0.6) is 0 Å². The van der Waals surface area contributed by atoms with Crippen LogP contribution in [0.15, 0.2) is 24.3 Å². The number of hydrogen-bond acceptors (Lipinski definition) is 0. The highest BCUT2D eigenvalue weighted by molar-refractivity contribution is 5.45. The summed E-state index contributed by atoms with van der Waals surface area (Å²) in [4.78, 5) is 0. The molecule has 26 heavy (non-hydrogen) atoms. The second-order valence-corrected chi connectivity index (χ2v) is 8.35. The topological polar surface area (TPSA) is 0 Å². The molecule has 2 rings (SSSR count). The van der Waals surface area contributed by atoms with Crippen molar-refractivity contribution in [2.75, 3.05) is 0 Å². The molecular formula is C26H38. The Labute approximate surface area is 162 Å². The zero-order valence-corrected chi connectivity index (χ0v) is 18.3. The Hall–Kier alpha value is -1.56. The fourth-order valence-corrected chi connectivity index (χ4v) is 4.31. The van der Waals surface area contributed by atoms with Crippen molar-refractivity contribution < 1.29 is 0 Å². The Balaban J connectivity index is 2.62. The van der Waals surface area contributed by atoms with E-state index in [2.05, 4.69) is 79.7 Å². The van der Waals surface area contributed by atoms with Crippen molar-refractivity contribution in [3.63, 3.8) is 0 Å². The maximum Gasteiger partial charge on any atom is 0.0118 e. The maximum atomic E-state index is 2.45. The Kier molecular flexibility index (Phi) is 7.09. The van der Waals surface area contributed by atoms with Crippen molar-refractivity contribution in [3.05, 3.63) is 68.8 Å². The quantitative estimate of drug-likeness (QED) is 0.476. The average Bonchev–Trinajstić information content (AvgIpc) is 2.60. The SMILES string of the molecule is CCCCC(CC)C(c1cc(C)c(C)c(C)c1)c1cc(C)c(C)c(C)c1. The van der Waals surface area contributed by atoms with Gasteiger partial charge in [-0.25, -0.2) is 0 Å². The molecule has 2 aromatic carbocycles. The van der Waals surface area contributed by atoms with Crippen LogP contribution in [0.1, 0.15) is 90.0 Å². The van der Waals surface area contributed by atoms with Gasteiger partial charge in [0.05, 0.1) is 0 Å². The van der Waals surface area contributed by atoms with Gasteiger partial charge in [-0.1, -0.05) is 57.4 Å². The van der Waals surface area contributed by atoms with E-state index >= 15 is 0 Å². The van der Waals surface area contributed by atoms with E-state index in [-0.39, 0.29) is 0 Å². The largest absolute Gasteiger partial charge is 0.0654 e. The summed E-state index contributed by atoms with van der Waals surface area (Å²) in [6, 6.07) is 9.80. The molecule has 0 heterocycles. The van der Waals surface area contributed by atoms with Crippen LogP contribution in [-0.4, -0.2) is 0 Å². The van der Waals surface area contributed by atoms with Crippen molar-refractivity contribution in [1.29, 1.82) is 0 Å². The lowest BCUT2D eigenvalue weighted by Gasteiger charge is -2.29. The van der Waals surface area contributed by atoms with Crippen LogP contribution in [-0.2, 0) is 0 Å². The molecule has 0 bridgehead atoms. The lowest BCUT2D eigenvalue weighted by molar-refractivity contribution is 0.405. The van der Waals surface area contributed by atoms with Crippen molar-refractivity contribution >= 4 is 0 Å². The van der Waals surface area contributed by atoms with E-state index in [1.54, 1.807) is 0 Å². The number of unbranched alkanes of at least 4 members (excludes halogenated alkanes) is 1. The molecule has 0 aromatic heterocycles. The molecule has 1 unspecified atom stereocenters. The lowest BCUT2D eigenvalue weighted by Crippen LogP contribution is -2.16. The molecule has 0 aliphatic carbocycles. The molecule has 0 saturated carbocycles. The molecule has 0 radical (unpaired) electrons. The molecule has 0 spiro atoms. The zero-order valence-electron chi connectivity index (χ0n) is 18.3. The van der Waals surface area contributed by atoms with Crippen molar-refractivity contribution in [2.45, 2.75) is 87.0 Å². The van der Waals surface area contributed by atoms with Gasteiger partial charge in [-0.3, -0.25) is 0 Å². The van der Waals surface area contributed by atoms with Crippen LogP contribution >= 0.6 is 0 Å². The summed E-state index contributed by atoms with van der Waals surface area (Å²) in [7, 11) is 0. The summed E-state index contributed by atoms with van der Waals surface area (Å²) < 4.78 is 0. The van der Waals surface area contributed by atoms with Crippen molar-refractivity contribution in [2.24, 2.45) is 5.92 Å². The second-order valence-electron chi connectivity index (χ2n) is 8.35. The van der Waals surface area contributed by atoms with Gasteiger partial charge in [0.2, 0.25) is 0 Å². The van der Waals surface area contributed by atoms with Crippen LogP contribution in [0, 0.1) is 47.5 Å². The van der Waals surface area contributed by atoms with Crippen molar-refractivity contribution in [1.82, 2.24) is 0 Å². The molecule has 2 aromatic rings. The zero-order chi connectivity index (χ0) is 19.4. The van der Waals surface area contributed by atoms with E-state index in [0.29, 0.717) is 11.8 Å². The number of rotatable bonds is 7. The normalized spacial score (nSPS) is 12.7. The first kappa shape index (κ1) is 20.7. The summed E-state index contributed by atoms with van der Waals surface area (Å²) in [5, 5.41) is 0. The molecule has 0 aliphatic heterocycles. The van der Waals surface area contributed by atoms with Crippen LogP contribution in [0.2, 0.25) is 0 Å². The van der Waals surface area contributed by atoms with Crippen LogP contribution in [0.3, 0.4) is 0 Å². The first-order valence-corrected chi connectivity index (χ1v) is 10.5. The third kappa shape index (κ3) is 4.40. The summed E-state index contributed by atoms with van der Waals surface area (Å²) >= 11 is 0. The lowest BCUT2D eigenvalue weighted by atomic mass is 9.75. The molecule has 0 nitrogen and oxygen atoms in total. The third-order valence-corrected chi connectivity index (χ3v) is 6.54. The van der Waals surface area contributed by atoms with Gasteiger partial charge >= 0.3 is 0 Å². The summed E-state index contributed by atoms with van der Waals surface area (Å²) in [5.41, 5.74) is 11.6. The number of hydrogen-bond donors (Lipinski definition) is 0. The van der Waals surface area contributed by atoms with Gasteiger partial charge in [-0.05, 0) is 98.4 Å². The fourth-order valence-electron chi connectivity index (χ4n) is 4.31. The summed E-state index contributed by atoms with van der Waals surface area (Å²) in [6.07, 6.45) is 5.15. The predicted octanol–water partition coefficient (Wildman–Crippen LogP) is 7.89. The minimum Gasteiger partial charge on any atom is -0.0654 e. The summed E-state index contributed by atoms with van der Waals surface area (Å²) in [6.45, 7) is 18.2. The predicted molar refractivity (Wildman–Crippen MR) is 116 cm³/mol. The van der Waals surface area contributed by atoms with Gasteiger partial charge in [0.25, 0.3) is 0 Å². The summed E-state index contributed by atoms with van der Waals surface area (Å²) in [5.74, 6) is 1.21. The number of benzene rings is 2. The highest BCUT2D eigenvalue weighted by atomic mass is 14.3. The Morgan fingerprint density at radius 1 is 0.654 bits per heavy atom. The van der Waals surface area contributed by atoms with E-state index in [4.69, 9.17) is 0 Å². The molecule has 0 saturated heterocycles. The number of aryl methyl sites for hydroxylation is 4. The van der Waals surface area contributed by atoms with Crippen molar-refractivity contribution in [3.8, 4) is 0 Å². The van der Waals surface area contributed by atoms with E-state index in [1.807, 2.05) is 0 Å². The monoisotopic (exact) mass is 350 g/mol.